The van der Waals surface area contributed by atoms with Crippen LogP contribution in [0, 0.1) is 5.41 Å². The fourth-order valence-corrected chi connectivity index (χ4v) is 1.51. The van der Waals surface area contributed by atoms with Gasteiger partial charge < -0.3 is 15.8 Å². The summed E-state index contributed by atoms with van der Waals surface area (Å²) in [7, 11) is 0. The summed E-state index contributed by atoms with van der Waals surface area (Å²) in [6.45, 7) is 5.50. The Hall–Kier alpha value is -0.320. The molecule has 0 spiro atoms. The van der Waals surface area contributed by atoms with Crippen LogP contribution < -0.4 is 11.1 Å². The molecule has 5 heteroatoms. The van der Waals surface area contributed by atoms with E-state index in [1.54, 1.807) is 0 Å². The average Bonchev–Trinajstić information content (AvgIpc) is 2.27. The molecule has 1 atom stereocenters. The van der Waals surface area contributed by atoms with E-state index in [1.807, 2.05) is 13.8 Å². The topological polar surface area (TPSA) is 64.4 Å². The lowest BCUT2D eigenvalue weighted by Gasteiger charge is -2.26. The molecular weight excluding hydrogens is 228 g/mol. The van der Waals surface area contributed by atoms with E-state index in [1.165, 1.54) is 6.42 Å². The van der Waals surface area contributed by atoms with Crippen LogP contribution in [0.3, 0.4) is 0 Å². The molecule has 1 aliphatic heterocycles. The molecule has 0 aromatic carbocycles. The minimum absolute atomic E-state index is 0. The Morgan fingerprint density at radius 2 is 2.19 bits per heavy atom. The average molecular weight is 251 g/mol. The zero-order valence-electron chi connectivity index (χ0n) is 10.1. The first-order valence-electron chi connectivity index (χ1n) is 5.66. The van der Waals surface area contributed by atoms with E-state index in [9.17, 15) is 4.79 Å². The fraction of sp³-hybridized carbons (Fsp3) is 0.909. The first kappa shape index (κ1) is 15.7. The van der Waals surface area contributed by atoms with Gasteiger partial charge in [0.2, 0.25) is 5.91 Å². The maximum Gasteiger partial charge on any atom is 0.227 e. The highest BCUT2D eigenvalue weighted by atomic mass is 35.5. The van der Waals surface area contributed by atoms with Crippen molar-refractivity contribution in [2.75, 3.05) is 19.7 Å². The smallest absolute Gasteiger partial charge is 0.227 e. The number of nitrogens with one attached hydrogen (secondary N) is 1. The number of amides is 1. The third kappa shape index (κ3) is 4.68. The molecule has 1 heterocycles. The van der Waals surface area contributed by atoms with Crippen molar-refractivity contribution in [2.24, 2.45) is 11.1 Å². The number of halogens is 1. The molecule has 96 valence electrons. The molecule has 1 saturated heterocycles. The van der Waals surface area contributed by atoms with Crippen molar-refractivity contribution in [2.45, 2.75) is 39.2 Å². The predicted octanol–water partition coefficient (Wildman–Crippen LogP) is 1.08. The molecule has 0 aliphatic carbocycles. The minimum Gasteiger partial charge on any atom is -0.376 e. The number of ether oxygens (including phenoxy) is 1. The van der Waals surface area contributed by atoms with E-state index in [0.717, 1.165) is 19.4 Å². The third-order valence-corrected chi connectivity index (χ3v) is 2.89. The monoisotopic (exact) mass is 250 g/mol. The Morgan fingerprint density at radius 3 is 2.69 bits per heavy atom. The highest BCUT2D eigenvalue weighted by Crippen LogP contribution is 2.14. The number of hydrogen-bond acceptors (Lipinski definition) is 3. The molecular formula is C11H23ClN2O2. The zero-order chi connectivity index (χ0) is 11.3. The summed E-state index contributed by atoms with van der Waals surface area (Å²) in [4.78, 5) is 11.7. The minimum atomic E-state index is -0.478. The Balaban J connectivity index is 0.00000225. The maximum atomic E-state index is 11.7. The Bertz CT molecular complexity index is 216. The lowest BCUT2D eigenvalue weighted by atomic mass is 9.92. The first-order chi connectivity index (χ1) is 7.06. The first-order valence-corrected chi connectivity index (χ1v) is 5.66. The molecule has 1 unspecified atom stereocenters. The van der Waals surface area contributed by atoms with E-state index >= 15 is 0 Å². The Kier molecular flexibility index (Phi) is 6.95. The molecule has 16 heavy (non-hydrogen) atoms. The van der Waals surface area contributed by atoms with Gasteiger partial charge in [0.1, 0.15) is 0 Å². The molecule has 1 rings (SSSR count). The van der Waals surface area contributed by atoms with Crippen molar-refractivity contribution in [1.29, 1.82) is 0 Å². The quantitative estimate of drug-likeness (QED) is 0.785. The van der Waals surface area contributed by atoms with Crippen LogP contribution >= 0.6 is 12.4 Å². The van der Waals surface area contributed by atoms with E-state index in [-0.39, 0.29) is 24.4 Å². The van der Waals surface area contributed by atoms with Crippen molar-refractivity contribution < 1.29 is 9.53 Å². The molecule has 0 aromatic heterocycles. The Morgan fingerprint density at radius 1 is 1.50 bits per heavy atom. The van der Waals surface area contributed by atoms with Crippen molar-refractivity contribution in [3.63, 3.8) is 0 Å². The number of rotatable bonds is 4. The summed E-state index contributed by atoms with van der Waals surface area (Å²) >= 11 is 0. The van der Waals surface area contributed by atoms with Gasteiger partial charge in [0, 0.05) is 19.7 Å². The van der Waals surface area contributed by atoms with Gasteiger partial charge >= 0.3 is 0 Å². The second-order valence-corrected chi connectivity index (χ2v) is 4.79. The lowest BCUT2D eigenvalue weighted by Crippen LogP contribution is -2.45. The number of carbonyl (C=O) groups excluding carboxylic acids is 1. The summed E-state index contributed by atoms with van der Waals surface area (Å²) in [5, 5.41) is 2.90. The lowest BCUT2D eigenvalue weighted by molar-refractivity contribution is -0.129. The summed E-state index contributed by atoms with van der Waals surface area (Å²) in [5.41, 5.74) is 5.05. The molecule has 1 fully saturated rings. The van der Waals surface area contributed by atoms with Crippen molar-refractivity contribution >= 4 is 18.3 Å². The number of nitrogens with two attached hydrogens (primary N) is 1. The fourth-order valence-electron chi connectivity index (χ4n) is 1.51. The van der Waals surface area contributed by atoms with Crippen LogP contribution in [-0.2, 0) is 9.53 Å². The summed E-state index contributed by atoms with van der Waals surface area (Å²) < 4.78 is 5.53. The van der Waals surface area contributed by atoms with Gasteiger partial charge in [-0.15, -0.1) is 12.4 Å². The molecule has 0 bridgehead atoms. The van der Waals surface area contributed by atoms with E-state index in [0.29, 0.717) is 13.1 Å². The number of hydrogen-bond donors (Lipinski definition) is 2. The van der Waals surface area contributed by atoms with Gasteiger partial charge in [-0.05, 0) is 33.1 Å². The van der Waals surface area contributed by atoms with E-state index < -0.39 is 5.41 Å². The van der Waals surface area contributed by atoms with Crippen LogP contribution in [0.25, 0.3) is 0 Å². The van der Waals surface area contributed by atoms with Crippen molar-refractivity contribution in [3.05, 3.63) is 0 Å². The Labute approximate surface area is 104 Å². The van der Waals surface area contributed by atoms with Crippen molar-refractivity contribution in [3.8, 4) is 0 Å². The zero-order valence-corrected chi connectivity index (χ0v) is 10.9. The van der Waals surface area contributed by atoms with Gasteiger partial charge in [0.15, 0.2) is 0 Å². The molecule has 4 nitrogen and oxygen atoms in total. The van der Waals surface area contributed by atoms with Gasteiger partial charge in [0.25, 0.3) is 0 Å². The van der Waals surface area contributed by atoms with Crippen molar-refractivity contribution in [1.82, 2.24) is 5.32 Å². The SMILES string of the molecule is CC(C)(CN)C(=O)NCC1CCCCO1.Cl. The van der Waals surface area contributed by atoms with Crippen LogP contribution in [0.5, 0.6) is 0 Å². The largest absolute Gasteiger partial charge is 0.376 e. The third-order valence-electron chi connectivity index (χ3n) is 2.89. The molecule has 3 N–H and O–H groups in total. The number of carbonyl (C=O) groups is 1. The second-order valence-electron chi connectivity index (χ2n) is 4.79. The van der Waals surface area contributed by atoms with Crippen LogP contribution in [0.4, 0.5) is 0 Å². The van der Waals surface area contributed by atoms with Gasteiger partial charge in [0.05, 0.1) is 11.5 Å². The summed E-state index contributed by atoms with van der Waals surface area (Å²) in [6, 6.07) is 0. The predicted molar refractivity (Wildman–Crippen MR) is 66.7 cm³/mol. The van der Waals surface area contributed by atoms with Gasteiger partial charge in [-0.2, -0.15) is 0 Å². The van der Waals surface area contributed by atoms with Crippen LogP contribution in [0.1, 0.15) is 33.1 Å². The standard InChI is InChI=1S/C11H22N2O2.ClH/c1-11(2,8-12)10(14)13-7-9-5-3-4-6-15-9;/h9H,3-8,12H2,1-2H3,(H,13,14);1H. The second kappa shape index (κ2) is 7.09. The van der Waals surface area contributed by atoms with E-state index in [2.05, 4.69) is 5.32 Å². The maximum absolute atomic E-state index is 11.7. The molecule has 1 amide bonds. The molecule has 0 radical (unpaired) electrons. The molecule has 0 aromatic rings. The van der Waals surface area contributed by atoms with Gasteiger partial charge in [-0.1, -0.05) is 0 Å². The van der Waals surface area contributed by atoms with Gasteiger partial charge in [-0.25, -0.2) is 0 Å². The summed E-state index contributed by atoms with van der Waals surface area (Å²) in [5.74, 6) is 0.0131. The normalized spacial score (nSPS) is 21.1. The highest BCUT2D eigenvalue weighted by Gasteiger charge is 2.26. The van der Waals surface area contributed by atoms with E-state index in [4.69, 9.17) is 10.5 Å². The summed E-state index contributed by atoms with van der Waals surface area (Å²) in [6.07, 6.45) is 3.57. The van der Waals surface area contributed by atoms with Gasteiger partial charge in [-0.3, -0.25) is 4.79 Å². The van der Waals surface area contributed by atoms with Crippen LogP contribution in [0.2, 0.25) is 0 Å². The van der Waals surface area contributed by atoms with Crippen LogP contribution in [0.15, 0.2) is 0 Å². The van der Waals surface area contributed by atoms with Crippen LogP contribution in [-0.4, -0.2) is 31.7 Å². The molecule has 0 saturated carbocycles. The highest BCUT2D eigenvalue weighted by molar-refractivity contribution is 5.85. The molecule has 1 aliphatic rings.